The summed E-state index contributed by atoms with van der Waals surface area (Å²) in [5, 5.41) is 5.43. The van der Waals surface area contributed by atoms with Crippen LogP contribution in [-0.2, 0) is 16.4 Å². The van der Waals surface area contributed by atoms with Gasteiger partial charge in [0.15, 0.2) is 0 Å². The average molecular weight is 484 g/mol. The van der Waals surface area contributed by atoms with E-state index in [0.29, 0.717) is 29.9 Å². The quantitative estimate of drug-likeness (QED) is 0.646. The summed E-state index contributed by atoms with van der Waals surface area (Å²) < 4.78 is 25.8. The monoisotopic (exact) mass is 483 g/mol. The van der Waals surface area contributed by atoms with Crippen LogP contribution in [0.3, 0.4) is 0 Å². The van der Waals surface area contributed by atoms with Crippen molar-refractivity contribution >= 4 is 56.4 Å². The van der Waals surface area contributed by atoms with E-state index < -0.39 is 15.9 Å². The Bertz CT molecular complexity index is 1140. The molecule has 0 aliphatic carbocycles. The fourth-order valence-corrected chi connectivity index (χ4v) is 5.44. The third-order valence-corrected chi connectivity index (χ3v) is 7.60. The summed E-state index contributed by atoms with van der Waals surface area (Å²) in [6, 6.07) is 8.00. The van der Waals surface area contributed by atoms with Crippen LogP contribution in [0.2, 0.25) is 10.0 Å². The van der Waals surface area contributed by atoms with Gasteiger partial charge in [0.2, 0.25) is 10.0 Å². The van der Waals surface area contributed by atoms with Crippen molar-refractivity contribution in [3.63, 3.8) is 0 Å². The van der Waals surface area contributed by atoms with Crippen molar-refractivity contribution in [3.05, 3.63) is 57.1 Å². The molecule has 166 valence electrons. The number of hydrogen-bond donors (Lipinski definition) is 2. The summed E-state index contributed by atoms with van der Waals surface area (Å²) in [6.07, 6.45) is 2.11. The largest absolute Gasteiger partial charge is 0.355 e. The van der Waals surface area contributed by atoms with Gasteiger partial charge in [0.1, 0.15) is 0 Å². The number of aryl methyl sites for hydroxylation is 1. The second-order valence-electron chi connectivity index (χ2n) is 7.23. The molecule has 7 nitrogen and oxygen atoms in total. The molecule has 1 saturated heterocycles. The van der Waals surface area contributed by atoms with Crippen molar-refractivity contribution in [2.45, 2.75) is 26.2 Å². The third kappa shape index (κ3) is 5.14. The second-order valence-corrected chi connectivity index (χ2v) is 10.0. The van der Waals surface area contributed by atoms with Gasteiger partial charge in [-0.15, -0.1) is 0 Å². The molecule has 1 heterocycles. The van der Waals surface area contributed by atoms with E-state index in [2.05, 4.69) is 10.6 Å². The van der Waals surface area contributed by atoms with E-state index in [1.807, 2.05) is 6.92 Å². The Morgan fingerprint density at radius 3 is 2.45 bits per heavy atom. The van der Waals surface area contributed by atoms with Gasteiger partial charge in [-0.05, 0) is 48.7 Å². The highest BCUT2D eigenvalue weighted by atomic mass is 35.5. The van der Waals surface area contributed by atoms with E-state index in [1.54, 1.807) is 18.2 Å². The molecule has 2 amide bonds. The van der Waals surface area contributed by atoms with E-state index >= 15 is 0 Å². The smallest absolute Gasteiger partial charge is 0.257 e. The van der Waals surface area contributed by atoms with Crippen LogP contribution >= 0.6 is 23.2 Å². The summed E-state index contributed by atoms with van der Waals surface area (Å²) in [7, 11) is -1.91. The van der Waals surface area contributed by atoms with Crippen molar-refractivity contribution in [2.75, 3.05) is 29.0 Å². The molecule has 3 rings (SSSR count). The standard InChI is InChI=1S/C21H23Cl2N3O4S/c1-3-5-13-8-14(20(27)24-2)10-15(9-13)25-21(28)17-11-16(12-18(22)19(17)23)26-6-4-7-31(26,29)30/h8-12H,3-7H2,1-2H3,(H,24,27)(H,25,28). The lowest BCUT2D eigenvalue weighted by Crippen LogP contribution is -2.25. The minimum atomic E-state index is -3.45. The number of nitrogens with zero attached hydrogens (tertiary/aromatic N) is 1. The van der Waals surface area contributed by atoms with Crippen LogP contribution in [0.15, 0.2) is 30.3 Å². The summed E-state index contributed by atoms with van der Waals surface area (Å²) >= 11 is 12.5. The van der Waals surface area contributed by atoms with Gasteiger partial charge in [0.05, 0.1) is 27.0 Å². The minimum Gasteiger partial charge on any atom is -0.355 e. The number of carbonyl (C=O) groups is 2. The third-order valence-electron chi connectivity index (χ3n) is 4.92. The van der Waals surface area contributed by atoms with Crippen LogP contribution in [0.1, 0.15) is 46.0 Å². The molecule has 0 saturated carbocycles. The van der Waals surface area contributed by atoms with E-state index in [1.165, 1.54) is 23.5 Å². The first-order valence-corrected chi connectivity index (χ1v) is 12.2. The predicted molar refractivity (Wildman–Crippen MR) is 124 cm³/mol. The van der Waals surface area contributed by atoms with Gasteiger partial charge in [-0.2, -0.15) is 0 Å². The molecule has 2 aromatic carbocycles. The summed E-state index contributed by atoms with van der Waals surface area (Å²) in [4.78, 5) is 25.1. The molecule has 1 fully saturated rings. The molecule has 1 aliphatic heterocycles. The molecule has 0 unspecified atom stereocenters. The highest BCUT2D eigenvalue weighted by molar-refractivity contribution is 7.93. The molecule has 10 heteroatoms. The predicted octanol–water partition coefficient (Wildman–Crippen LogP) is 4.10. The molecule has 1 aliphatic rings. The first-order chi connectivity index (χ1) is 14.7. The van der Waals surface area contributed by atoms with Crippen molar-refractivity contribution in [1.29, 1.82) is 0 Å². The molecule has 0 bridgehead atoms. The SMILES string of the molecule is CCCc1cc(NC(=O)c2cc(N3CCCS3(=O)=O)cc(Cl)c2Cl)cc(C(=O)NC)c1. The number of hydrogen-bond acceptors (Lipinski definition) is 4. The van der Waals surface area contributed by atoms with Gasteiger partial charge in [0, 0.05) is 24.8 Å². The van der Waals surface area contributed by atoms with Crippen LogP contribution in [-0.4, -0.2) is 39.6 Å². The molecule has 0 spiro atoms. The van der Waals surface area contributed by atoms with Gasteiger partial charge < -0.3 is 10.6 Å². The summed E-state index contributed by atoms with van der Waals surface area (Å²) in [5.74, 6) is -0.779. The highest BCUT2D eigenvalue weighted by Gasteiger charge is 2.30. The Kier molecular flexibility index (Phi) is 7.13. The number of nitrogens with one attached hydrogen (secondary N) is 2. The zero-order chi connectivity index (χ0) is 22.8. The van der Waals surface area contributed by atoms with Gasteiger partial charge in [-0.25, -0.2) is 8.42 Å². The fraction of sp³-hybridized carbons (Fsp3) is 0.333. The fourth-order valence-electron chi connectivity index (χ4n) is 3.48. The zero-order valence-corrected chi connectivity index (χ0v) is 19.5. The van der Waals surface area contributed by atoms with E-state index in [0.717, 1.165) is 18.4 Å². The maximum atomic E-state index is 13.0. The maximum absolute atomic E-state index is 13.0. The van der Waals surface area contributed by atoms with Gasteiger partial charge >= 0.3 is 0 Å². The molecule has 2 N–H and O–H groups in total. The topological polar surface area (TPSA) is 95.6 Å². The molecule has 2 aromatic rings. The Morgan fingerprint density at radius 1 is 1.10 bits per heavy atom. The molecular formula is C21H23Cl2N3O4S. The van der Waals surface area contributed by atoms with Crippen LogP contribution < -0.4 is 14.9 Å². The lowest BCUT2D eigenvalue weighted by atomic mass is 10.0. The van der Waals surface area contributed by atoms with Crippen molar-refractivity contribution in [3.8, 4) is 0 Å². The van der Waals surface area contributed by atoms with Crippen LogP contribution in [0.5, 0.6) is 0 Å². The van der Waals surface area contributed by atoms with Crippen LogP contribution in [0.4, 0.5) is 11.4 Å². The Morgan fingerprint density at radius 2 is 1.84 bits per heavy atom. The van der Waals surface area contributed by atoms with Gasteiger partial charge in [-0.1, -0.05) is 36.5 Å². The number of benzene rings is 2. The normalized spacial score (nSPS) is 15.0. The lowest BCUT2D eigenvalue weighted by molar-refractivity contribution is 0.0961. The molecular weight excluding hydrogens is 461 g/mol. The number of sulfonamides is 1. The Balaban J connectivity index is 1.97. The maximum Gasteiger partial charge on any atom is 0.257 e. The number of halogens is 2. The van der Waals surface area contributed by atoms with Crippen molar-refractivity contribution in [1.82, 2.24) is 5.32 Å². The molecule has 0 radical (unpaired) electrons. The Hall–Kier alpha value is -2.29. The summed E-state index contributed by atoms with van der Waals surface area (Å²) in [5.41, 5.74) is 2.10. The second kappa shape index (κ2) is 9.46. The number of rotatable bonds is 6. The average Bonchev–Trinajstić information content (AvgIpc) is 3.08. The van der Waals surface area contributed by atoms with E-state index in [-0.39, 0.29) is 27.3 Å². The highest BCUT2D eigenvalue weighted by Crippen LogP contribution is 2.34. The first kappa shape index (κ1) is 23.4. The number of anilines is 2. The summed E-state index contributed by atoms with van der Waals surface area (Å²) in [6.45, 7) is 2.33. The van der Waals surface area contributed by atoms with Crippen LogP contribution in [0, 0.1) is 0 Å². The van der Waals surface area contributed by atoms with Crippen molar-refractivity contribution in [2.24, 2.45) is 0 Å². The minimum absolute atomic E-state index is 0.0238. The first-order valence-electron chi connectivity index (χ1n) is 9.83. The van der Waals surface area contributed by atoms with Gasteiger partial charge in [-0.3, -0.25) is 13.9 Å². The lowest BCUT2D eigenvalue weighted by Gasteiger charge is -2.19. The van der Waals surface area contributed by atoms with Crippen LogP contribution in [0.25, 0.3) is 0 Å². The Labute approximate surface area is 191 Å². The zero-order valence-electron chi connectivity index (χ0n) is 17.2. The number of carbonyl (C=O) groups excluding carboxylic acids is 2. The van der Waals surface area contributed by atoms with E-state index in [9.17, 15) is 18.0 Å². The van der Waals surface area contributed by atoms with Gasteiger partial charge in [0.25, 0.3) is 11.8 Å². The number of amides is 2. The molecule has 0 atom stereocenters. The molecule has 0 aromatic heterocycles. The molecule has 31 heavy (non-hydrogen) atoms. The van der Waals surface area contributed by atoms with E-state index in [4.69, 9.17) is 23.2 Å². The van der Waals surface area contributed by atoms with Crippen molar-refractivity contribution < 1.29 is 18.0 Å².